The third-order valence-corrected chi connectivity index (χ3v) is 5.51. The number of benzene rings is 1. The molecule has 1 aromatic carbocycles. The summed E-state index contributed by atoms with van der Waals surface area (Å²) in [6.45, 7) is 4.65. The molecule has 1 aliphatic rings. The summed E-state index contributed by atoms with van der Waals surface area (Å²) in [5, 5.41) is 2.77. The van der Waals surface area contributed by atoms with E-state index in [0.717, 1.165) is 12.2 Å². The molecule has 0 bridgehead atoms. The van der Waals surface area contributed by atoms with Gasteiger partial charge < -0.3 is 10.1 Å². The molecule has 7 heteroatoms. The van der Waals surface area contributed by atoms with Crippen LogP contribution in [0.3, 0.4) is 0 Å². The van der Waals surface area contributed by atoms with E-state index in [1.165, 1.54) is 4.31 Å². The molecule has 128 valence electrons. The zero-order valence-corrected chi connectivity index (χ0v) is 14.4. The Morgan fingerprint density at radius 3 is 2.57 bits per heavy atom. The van der Waals surface area contributed by atoms with Crippen LogP contribution in [0, 0.1) is 0 Å². The van der Waals surface area contributed by atoms with Crippen LogP contribution in [0.15, 0.2) is 24.3 Å². The van der Waals surface area contributed by atoms with Gasteiger partial charge in [-0.15, -0.1) is 0 Å². The van der Waals surface area contributed by atoms with Gasteiger partial charge in [0.2, 0.25) is 15.9 Å². The second kappa shape index (κ2) is 7.79. The van der Waals surface area contributed by atoms with Crippen molar-refractivity contribution in [2.45, 2.75) is 39.2 Å². The quantitative estimate of drug-likeness (QED) is 0.861. The molecule has 0 radical (unpaired) electrons. The minimum atomic E-state index is -3.17. The highest BCUT2D eigenvalue weighted by molar-refractivity contribution is 7.89. The lowest BCUT2D eigenvalue weighted by Gasteiger charge is -2.25. The van der Waals surface area contributed by atoms with Crippen LogP contribution in [0.25, 0.3) is 0 Å². The van der Waals surface area contributed by atoms with Crippen LogP contribution in [0.4, 0.5) is 5.69 Å². The monoisotopic (exact) mass is 340 g/mol. The molecule has 1 saturated heterocycles. The standard InChI is InChI=1S/C16H24N2O4S/c1-13(2)22-15-7-5-14(6-8-15)17-16(19)9-11-18-10-3-4-12-23(18,20)21/h5-8,13H,3-4,9-12H2,1-2H3,(H,17,19). The third kappa shape index (κ3) is 5.51. The number of amides is 1. The zero-order valence-electron chi connectivity index (χ0n) is 13.6. The molecule has 1 N–H and O–H groups in total. The van der Waals surface area contributed by atoms with Crippen molar-refractivity contribution in [3.05, 3.63) is 24.3 Å². The highest BCUT2D eigenvalue weighted by Crippen LogP contribution is 2.18. The number of hydrogen-bond donors (Lipinski definition) is 1. The van der Waals surface area contributed by atoms with Gasteiger partial charge in [-0.3, -0.25) is 4.79 Å². The number of nitrogens with zero attached hydrogens (tertiary/aromatic N) is 1. The lowest BCUT2D eigenvalue weighted by molar-refractivity contribution is -0.116. The number of sulfonamides is 1. The molecule has 1 amide bonds. The molecular formula is C16H24N2O4S. The van der Waals surface area contributed by atoms with E-state index in [4.69, 9.17) is 4.74 Å². The molecule has 23 heavy (non-hydrogen) atoms. The lowest BCUT2D eigenvalue weighted by Crippen LogP contribution is -2.39. The molecule has 6 nitrogen and oxygen atoms in total. The van der Waals surface area contributed by atoms with E-state index in [-0.39, 0.29) is 30.7 Å². The maximum atomic E-state index is 12.0. The number of rotatable bonds is 6. The Balaban J connectivity index is 1.82. The van der Waals surface area contributed by atoms with Gasteiger partial charge in [0.15, 0.2) is 0 Å². The summed E-state index contributed by atoms with van der Waals surface area (Å²) in [4.78, 5) is 12.0. The first kappa shape index (κ1) is 17.7. The highest BCUT2D eigenvalue weighted by Gasteiger charge is 2.25. The Labute approximate surface area is 137 Å². The van der Waals surface area contributed by atoms with Crippen LogP contribution in [-0.4, -0.2) is 43.6 Å². The minimum absolute atomic E-state index is 0.0990. The highest BCUT2D eigenvalue weighted by atomic mass is 32.2. The molecule has 0 saturated carbocycles. The molecular weight excluding hydrogens is 316 g/mol. The Morgan fingerprint density at radius 2 is 1.96 bits per heavy atom. The van der Waals surface area contributed by atoms with E-state index in [1.807, 2.05) is 13.8 Å². The van der Waals surface area contributed by atoms with Crippen molar-refractivity contribution >= 4 is 21.6 Å². The number of anilines is 1. The number of nitrogens with one attached hydrogen (secondary N) is 1. The summed E-state index contributed by atoms with van der Waals surface area (Å²) in [5.74, 6) is 0.743. The second-order valence-electron chi connectivity index (χ2n) is 5.91. The van der Waals surface area contributed by atoms with Crippen LogP contribution in [0.2, 0.25) is 0 Å². The summed E-state index contributed by atoms with van der Waals surface area (Å²) in [5.41, 5.74) is 0.674. The molecule has 1 heterocycles. The Hall–Kier alpha value is -1.60. The zero-order chi connectivity index (χ0) is 16.9. The van der Waals surface area contributed by atoms with Crippen molar-refractivity contribution in [1.29, 1.82) is 0 Å². The minimum Gasteiger partial charge on any atom is -0.491 e. The van der Waals surface area contributed by atoms with Gasteiger partial charge in [-0.1, -0.05) is 0 Å². The fourth-order valence-electron chi connectivity index (χ4n) is 2.43. The first-order chi connectivity index (χ1) is 10.9. The maximum Gasteiger partial charge on any atom is 0.225 e. The summed E-state index contributed by atoms with van der Waals surface area (Å²) in [6, 6.07) is 7.13. The van der Waals surface area contributed by atoms with Crippen LogP contribution in [0.5, 0.6) is 5.75 Å². The van der Waals surface area contributed by atoms with Crippen LogP contribution < -0.4 is 10.1 Å². The van der Waals surface area contributed by atoms with E-state index in [1.54, 1.807) is 24.3 Å². The van der Waals surface area contributed by atoms with Crippen molar-refractivity contribution < 1.29 is 17.9 Å². The van der Waals surface area contributed by atoms with Crippen molar-refractivity contribution in [1.82, 2.24) is 4.31 Å². The summed E-state index contributed by atoms with van der Waals surface area (Å²) >= 11 is 0. The van der Waals surface area contributed by atoms with E-state index < -0.39 is 10.0 Å². The Morgan fingerprint density at radius 1 is 1.26 bits per heavy atom. The average Bonchev–Trinajstić information content (AvgIpc) is 2.47. The average molecular weight is 340 g/mol. The first-order valence-electron chi connectivity index (χ1n) is 7.91. The molecule has 1 fully saturated rings. The molecule has 1 aromatic rings. The second-order valence-corrected chi connectivity index (χ2v) is 8.00. The molecule has 0 aliphatic carbocycles. The van der Waals surface area contributed by atoms with E-state index >= 15 is 0 Å². The largest absolute Gasteiger partial charge is 0.491 e. The number of ether oxygens (including phenoxy) is 1. The summed E-state index contributed by atoms with van der Waals surface area (Å²) in [7, 11) is -3.17. The first-order valence-corrected chi connectivity index (χ1v) is 9.52. The fourth-order valence-corrected chi connectivity index (χ4v) is 4.03. The van der Waals surface area contributed by atoms with E-state index in [9.17, 15) is 13.2 Å². The smallest absolute Gasteiger partial charge is 0.225 e. The lowest BCUT2D eigenvalue weighted by atomic mass is 10.2. The Bertz CT molecular complexity index is 626. The van der Waals surface area contributed by atoms with Gasteiger partial charge in [0.1, 0.15) is 5.75 Å². The molecule has 2 rings (SSSR count). The van der Waals surface area contributed by atoms with Crippen molar-refractivity contribution in [2.24, 2.45) is 0 Å². The molecule has 0 atom stereocenters. The van der Waals surface area contributed by atoms with Gasteiger partial charge in [-0.2, -0.15) is 0 Å². The summed E-state index contributed by atoms with van der Waals surface area (Å²) < 4.78 is 30.7. The molecule has 0 spiro atoms. The fraction of sp³-hybridized carbons (Fsp3) is 0.562. The van der Waals surface area contributed by atoms with Gasteiger partial charge in [-0.25, -0.2) is 12.7 Å². The predicted molar refractivity (Wildman–Crippen MR) is 90.0 cm³/mol. The maximum absolute atomic E-state index is 12.0. The topological polar surface area (TPSA) is 75.7 Å². The van der Waals surface area contributed by atoms with Crippen LogP contribution in [0.1, 0.15) is 33.1 Å². The van der Waals surface area contributed by atoms with Crippen molar-refractivity contribution in [2.75, 3.05) is 24.2 Å². The van der Waals surface area contributed by atoms with Gasteiger partial charge in [0, 0.05) is 25.2 Å². The normalized spacial score (nSPS) is 17.9. The number of carbonyl (C=O) groups is 1. The van der Waals surface area contributed by atoms with Crippen LogP contribution >= 0.6 is 0 Å². The summed E-state index contributed by atoms with van der Waals surface area (Å²) in [6.07, 6.45) is 1.82. The third-order valence-electron chi connectivity index (χ3n) is 3.55. The molecule has 1 aliphatic heterocycles. The number of hydrogen-bond acceptors (Lipinski definition) is 4. The van der Waals surface area contributed by atoms with Crippen molar-refractivity contribution in [3.63, 3.8) is 0 Å². The van der Waals surface area contributed by atoms with E-state index in [2.05, 4.69) is 5.32 Å². The van der Waals surface area contributed by atoms with Crippen molar-refractivity contribution in [3.8, 4) is 5.75 Å². The Kier molecular flexibility index (Phi) is 6.01. The van der Waals surface area contributed by atoms with E-state index in [0.29, 0.717) is 18.7 Å². The molecule has 0 unspecified atom stereocenters. The number of carbonyl (C=O) groups excluding carboxylic acids is 1. The predicted octanol–water partition coefficient (Wildman–Crippen LogP) is 2.23. The SMILES string of the molecule is CC(C)Oc1ccc(NC(=O)CCN2CCCCS2(=O)=O)cc1. The molecule has 0 aromatic heterocycles. The van der Waals surface area contributed by atoms with Gasteiger partial charge in [-0.05, 0) is 51.0 Å². The van der Waals surface area contributed by atoms with Gasteiger partial charge in [0.25, 0.3) is 0 Å². The van der Waals surface area contributed by atoms with Gasteiger partial charge in [0.05, 0.1) is 11.9 Å². The van der Waals surface area contributed by atoms with Gasteiger partial charge >= 0.3 is 0 Å². The van der Waals surface area contributed by atoms with Crippen LogP contribution in [-0.2, 0) is 14.8 Å².